The Morgan fingerprint density at radius 3 is 1.89 bits per heavy atom. The van der Waals surface area contributed by atoms with Crippen molar-refractivity contribution in [2.75, 3.05) is 0 Å². The van der Waals surface area contributed by atoms with E-state index < -0.39 is 0 Å². The Hall–Kier alpha value is -3.19. The predicted octanol–water partition coefficient (Wildman–Crippen LogP) is 6.62. The Balaban J connectivity index is 1.91. The molecule has 0 atom stereocenters. The largest absolute Gasteiger partial charge is 0.289 e. The molecule has 5 rings (SSSR count). The maximum Gasteiger partial charge on any atom is 0.194 e. The molecule has 1 nitrogen and oxygen atoms in total. The summed E-state index contributed by atoms with van der Waals surface area (Å²) in [6.45, 7) is 0. The number of carbonyl (C=O) groups is 1. The van der Waals surface area contributed by atoms with E-state index >= 15 is 0 Å². The molecule has 1 aliphatic carbocycles. The molecule has 0 amide bonds. The molecular weight excluding hydrogens is 340 g/mol. The number of benzene rings is 4. The van der Waals surface area contributed by atoms with Gasteiger partial charge in [0.05, 0.1) is 0 Å². The van der Waals surface area contributed by atoms with Gasteiger partial charge in [-0.05, 0) is 58.7 Å². The van der Waals surface area contributed by atoms with Crippen molar-refractivity contribution in [2.45, 2.75) is 25.7 Å². The quantitative estimate of drug-likeness (QED) is 0.374. The minimum absolute atomic E-state index is 0.115. The fourth-order valence-corrected chi connectivity index (χ4v) is 4.62. The molecule has 0 unspecified atom stereocenters. The highest BCUT2D eigenvalue weighted by Gasteiger charge is 2.26. The molecule has 0 radical (unpaired) electrons. The van der Waals surface area contributed by atoms with E-state index in [1.165, 1.54) is 29.4 Å². The van der Waals surface area contributed by atoms with Gasteiger partial charge in [-0.3, -0.25) is 4.79 Å². The standard InChI is InChI=1S/C27H22O/c28-27(20-13-5-2-6-14-20)26-24-18-10-8-16-22(24)21-15-7-9-17-23(21)25(26)19-11-3-1-4-12-19/h1-6,8,10-14,16,18H,7,9,15,17H2. The molecule has 0 N–H and O–H groups in total. The summed E-state index contributed by atoms with van der Waals surface area (Å²) in [6.07, 6.45) is 4.54. The van der Waals surface area contributed by atoms with Crippen molar-refractivity contribution < 1.29 is 4.79 Å². The van der Waals surface area contributed by atoms with E-state index in [1.54, 1.807) is 0 Å². The predicted molar refractivity (Wildman–Crippen MR) is 116 cm³/mol. The van der Waals surface area contributed by atoms with Crippen LogP contribution in [-0.2, 0) is 12.8 Å². The Morgan fingerprint density at radius 2 is 1.18 bits per heavy atom. The summed E-state index contributed by atoms with van der Waals surface area (Å²) in [5.74, 6) is 0.115. The number of aryl methyl sites for hydroxylation is 1. The second-order valence-corrected chi connectivity index (χ2v) is 7.52. The van der Waals surface area contributed by atoms with E-state index in [-0.39, 0.29) is 5.78 Å². The molecular formula is C27H22O. The van der Waals surface area contributed by atoms with Crippen LogP contribution >= 0.6 is 0 Å². The molecule has 0 saturated carbocycles. The molecule has 28 heavy (non-hydrogen) atoms. The van der Waals surface area contributed by atoms with Crippen molar-refractivity contribution in [3.63, 3.8) is 0 Å². The Bertz CT molecular complexity index is 1160. The first kappa shape index (κ1) is 16.9. The molecule has 0 fully saturated rings. The van der Waals surface area contributed by atoms with Crippen LogP contribution in [0.15, 0.2) is 84.9 Å². The highest BCUT2D eigenvalue weighted by atomic mass is 16.1. The van der Waals surface area contributed by atoms with Gasteiger partial charge in [0.2, 0.25) is 0 Å². The molecule has 4 aromatic carbocycles. The van der Waals surface area contributed by atoms with E-state index in [0.29, 0.717) is 0 Å². The van der Waals surface area contributed by atoms with Crippen LogP contribution in [0.25, 0.3) is 21.9 Å². The van der Waals surface area contributed by atoms with E-state index in [9.17, 15) is 4.79 Å². The van der Waals surface area contributed by atoms with Crippen molar-refractivity contribution >= 4 is 16.6 Å². The van der Waals surface area contributed by atoms with Gasteiger partial charge in [-0.2, -0.15) is 0 Å². The topological polar surface area (TPSA) is 17.1 Å². The van der Waals surface area contributed by atoms with Gasteiger partial charge in [0.15, 0.2) is 5.78 Å². The second-order valence-electron chi connectivity index (χ2n) is 7.52. The zero-order chi connectivity index (χ0) is 18.9. The monoisotopic (exact) mass is 362 g/mol. The lowest BCUT2D eigenvalue weighted by Crippen LogP contribution is -2.12. The average molecular weight is 362 g/mol. The normalized spacial score (nSPS) is 13.3. The highest BCUT2D eigenvalue weighted by Crippen LogP contribution is 2.41. The number of hydrogen-bond acceptors (Lipinski definition) is 1. The Kier molecular flexibility index (Phi) is 4.29. The van der Waals surface area contributed by atoms with Gasteiger partial charge in [0, 0.05) is 11.1 Å². The van der Waals surface area contributed by atoms with Gasteiger partial charge >= 0.3 is 0 Å². The van der Waals surface area contributed by atoms with Crippen LogP contribution in [0, 0.1) is 0 Å². The molecule has 0 heterocycles. The summed E-state index contributed by atoms with van der Waals surface area (Å²) in [7, 11) is 0. The first-order valence-corrected chi connectivity index (χ1v) is 10.1. The van der Waals surface area contributed by atoms with Crippen molar-refractivity contribution in [3.8, 4) is 11.1 Å². The lowest BCUT2D eigenvalue weighted by Gasteiger charge is -2.25. The molecule has 0 bridgehead atoms. The maximum atomic E-state index is 13.7. The second kappa shape index (κ2) is 7.09. The zero-order valence-electron chi connectivity index (χ0n) is 15.8. The SMILES string of the molecule is O=C(c1ccccc1)c1c(-c2ccccc2)c2c(c3ccccc13)CCCC2. The number of ketones is 1. The Morgan fingerprint density at radius 1 is 0.607 bits per heavy atom. The smallest absolute Gasteiger partial charge is 0.194 e. The fourth-order valence-electron chi connectivity index (χ4n) is 4.62. The van der Waals surface area contributed by atoms with Crippen LogP contribution in [0.1, 0.15) is 39.9 Å². The van der Waals surface area contributed by atoms with Crippen LogP contribution in [0.5, 0.6) is 0 Å². The summed E-state index contributed by atoms with van der Waals surface area (Å²) >= 11 is 0. The average Bonchev–Trinajstić information content (AvgIpc) is 2.79. The molecule has 1 heteroatoms. The summed E-state index contributed by atoms with van der Waals surface area (Å²) in [5, 5.41) is 2.33. The van der Waals surface area contributed by atoms with Gasteiger partial charge in [0.1, 0.15) is 0 Å². The molecule has 0 saturated heterocycles. The van der Waals surface area contributed by atoms with Crippen LogP contribution < -0.4 is 0 Å². The van der Waals surface area contributed by atoms with Gasteiger partial charge in [-0.25, -0.2) is 0 Å². The molecule has 4 aromatic rings. The third kappa shape index (κ3) is 2.75. The summed E-state index contributed by atoms with van der Waals surface area (Å²) in [6, 6.07) is 28.6. The van der Waals surface area contributed by atoms with Gasteiger partial charge in [0.25, 0.3) is 0 Å². The number of hydrogen-bond donors (Lipinski definition) is 0. The molecule has 0 spiro atoms. The zero-order valence-corrected chi connectivity index (χ0v) is 15.8. The summed E-state index contributed by atoms with van der Waals surface area (Å²) in [5.41, 5.74) is 6.70. The lowest BCUT2D eigenvalue weighted by atomic mass is 9.78. The summed E-state index contributed by atoms with van der Waals surface area (Å²) < 4.78 is 0. The van der Waals surface area contributed by atoms with E-state index in [4.69, 9.17) is 0 Å². The highest BCUT2D eigenvalue weighted by molar-refractivity contribution is 6.21. The number of carbonyl (C=O) groups excluding carboxylic acids is 1. The summed E-state index contributed by atoms with van der Waals surface area (Å²) in [4.78, 5) is 13.7. The third-order valence-electron chi connectivity index (χ3n) is 5.87. The van der Waals surface area contributed by atoms with Gasteiger partial charge in [-0.15, -0.1) is 0 Å². The third-order valence-corrected chi connectivity index (χ3v) is 5.87. The first-order valence-electron chi connectivity index (χ1n) is 10.1. The minimum Gasteiger partial charge on any atom is -0.289 e. The van der Waals surface area contributed by atoms with Crippen LogP contribution in [0.4, 0.5) is 0 Å². The molecule has 1 aliphatic rings. The van der Waals surface area contributed by atoms with Crippen molar-refractivity contribution in [3.05, 3.63) is 107 Å². The number of rotatable bonds is 3. The van der Waals surface area contributed by atoms with Crippen molar-refractivity contribution in [2.24, 2.45) is 0 Å². The van der Waals surface area contributed by atoms with Crippen molar-refractivity contribution in [1.82, 2.24) is 0 Å². The van der Waals surface area contributed by atoms with Gasteiger partial charge < -0.3 is 0 Å². The van der Waals surface area contributed by atoms with Crippen molar-refractivity contribution in [1.29, 1.82) is 0 Å². The lowest BCUT2D eigenvalue weighted by molar-refractivity contribution is 0.104. The van der Waals surface area contributed by atoms with E-state index in [1.807, 2.05) is 42.5 Å². The van der Waals surface area contributed by atoms with E-state index in [0.717, 1.165) is 40.5 Å². The molecule has 0 aromatic heterocycles. The molecule has 136 valence electrons. The van der Waals surface area contributed by atoms with Crippen LogP contribution in [0.3, 0.4) is 0 Å². The van der Waals surface area contributed by atoms with E-state index in [2.05, 4.69) is 42.5 Å². The maximum absolute atomic E-state index is 13.7. The molecule has 0 aliphatic heterocycles. The van der Waals surface area contributed by atoms with Crippen LogP contribution in [-0.4, -0.2) is 5.78 Å². The Labute approximate surface area is 165 Å². The number of fused-ring (bicyclic) bond motifs is 3. The fraction of sp³-hybridized carbons (Fsp3) is 0.148. The first-order chi connectivity index (χ1) is 13.8. The van der Waals surface area contributed by atoms with Crippen LogP contribution in [0.2, 0.25) is 0 Å². The minimum atomic E-state index is 0.115. The van der Waals surface area contributed by atoms with Gasteiger partial charge in [-0.1, -0.05) is 84.9 Å².